The summed E-state index contributed by atoms with van der Waals surface area (Å²) >= 11 is 0. The summed E-state index contributed by atoms with van der Waals surface area (Å²) in [7, 11) is 0. The average molecular weight is 323 g/mol. The van der Waals surface area contributed by atoms with Gasteiger partial charge in [0.15, 0.2) is 11.7 Å². The third-order valence-corrected chi connectivity index (χ3v) is 4.41. The van der Waals surface area contributed by atoms with Crippen molar-refractivity contribution in [1.29, 1.82) is 0 Å². The Morgan fingerprint density at radius 1 is 1.17 bits per heavy atom. The van der Waals surface area contributed by atoms with Crippen molar-refractivity contribution in [3.05, 3.63) is 42.2 Å². The van der Waals surface area contributed by atoms with Crippen molar-refractivity contribution in [1.82, 2.24) is 25.0 Å². The number of halogens is 1. The number of nitrogens with zero attached hydrogens (tertiary/aromatic N) is 6. The van der Waals surface area contributed by atoms with E-state index in [9.17, 15) is 4.39 Å². The van der Waals surface area contributed by atoms with Gasteiger partial charge in [-0.25, -0.2) is 19.0 Å². The maximum Gasteiger partial charge on any atom is 0.164 e. The van der Waals surface area contributed by atoms with Crippen LogP contribution in [-0.2, 0) is 6.54 Å². The number of nitrogens with one attached hydrogen (secondary N) is 1. The molecular weight excluding hydrogens is 309 g/mol. The standard InChI is InChI=1S/C16H14FN7/c17-11-4-3-5-18-14(11)15-21-12-9-19-22-13(12)10-8-20-24-7-2-1-6-23(15)16(10)24/h3-5,8-9H,1-2,6-7H2,(H,19,22). The SMILES string of the molecule is Fc1cccnc1C1=Nc2cn[nH]c2-c2cnn3c2N1CCCC3. The van der Waals surface area contributed by atoms with E-state index in [-0.39, 0.29) is 11.5 Å². The Morgan fingerprint density at radius 2 is 2.08 bits per heavy atom. The lowest BCUT2D eigenvalue weighted by Gasteiger charge is -2.24. The molecular formula is C16H14FN7. The van der Waals surface area contributed by atoms with Gasteiger partial charge in [0.1, 0.15) is 17.2 Å². The lowest BCUT2D eigenvalue weighted by Crippen LogP contribution is -2.34. The molecule has 24 heavy (non-hydrogen) atoms. The van der Waals surface area contributed by atoms with Crippen molar-refractivity contribution in [3.63, 3.8) is 0 Å². The van der Waals surface area contributed by atoms with Gasteiger partial charge in [0.25, 0.3) is 0 Å². The van der Waals surface area contributed by atoms with Crippen LogP contribution in [0.15, 0.2) is 35.7 Å². The summed E-state index contributed by atoms with van der Waals surface area (Å²) in [6.07, 6.45) is 7.03. The summed E-state index contributed by atoms with van der Waals surface area (Å²) in [5, 5.41) is 11.6. The van der Waals surface area contributed by atoms with E-state index in [0.717, 1.165) is 43.0 Å². The zero-order valence-electron chi connectivity index (χ0n) is 12.8. The van der Waals surface area contributed by atoms with Gasteiger partial charge in [0.05, 0.1) is 23.7 Å². The number of H-pyrrole nitrogens is 1. The number of aliphatic imine (C=N–C) groups is 1. The van der Waals surface area contributed by atoms with Gasteiger partial charge in [-0.15, -0.1) is 0 Å². The smallest absolute Gasteiger partial charge is 0.164 e. The largest absolute Gasteiger partial charge is 0.309 e. The number of anilines is 1. The summed E-state index contributed by atoms with van der Waals surface area (Å²) in [5.41, 5.74) is 2.64. The zero-order valence-corrected chi connectivity index (χ0v) is 12.8. The molecule has 120 valence electrons. The maximum absolute atomic E-state index is 14.4. The summed E-state index contributed by atoms with van der Waals surface area (Å²) in [6.45, 7) is 1.57. The Hall–Kier alpha value is -3.03. The quantitative estimate of drug-likeness (QED) is 0.746. The molecule has 0 atom stereocenters. The molecule has 0 bridgehead atoms. The molecule has 2 aliphatic rings. The van der Waals surface area contributed by atoms with Crippen molar-refractivity contribution in [2.45, 2.75) is 19.4 Å². The van der Waals surface area contributed by atoms with Gasteiger partial charge in [0, 0.05) is 19.3 Å². The number of hydrogen-bond acceptors (Lipinski definition) is 5. The van der Waals surface area contributed by atoms with Crippen LogP contribution in [0, 0.1) is 5.82 Å². The molecule has 0 saturated carbocycles. The second kappa shape index (κ2) is 4.98. The third-order valence-electron chi connectivity index (χ3n) is 4.41. The molecule has 5 rings (SSSR count). The van der Waals surface area contributed by atoms with E-state index in [1.165, 1.54) is 6.07 Å². The van der Waals surface area contributed by atoms with E-state index < -0.39 is 0 Å². The highest BCUT2D eigenvalue weighted by molar-refractivity contribution is 6.13. The predicted octanol–water partition coefficient (Wildman–Crippen LogP) is 2.50. The van der Waals surface area contributed by atoms with E-state index in [1.807, 2.05) is 15.8 Å². The first kappa shape index (κ1) is 13.4. The molecule has 0 spiro atoms. The van der Waals surface area contributed by atoms with E-state index in [2.05, 4.69) is 20.3 Å². The van der Waals surface area contributed by atoms with Crippen LogP contribution in [0.3, 0.4) is 0 Å². The van der Waals surface area contributed by atoms with Crippen LogP contribution >= 0.6 is 0 Å². The van der Waals surface area contributed by atoms with Crippen molar-refractivity contribution < 1.29 is 4.39 Å². The number of rotatable bonds is 1. The Morgan fingerprint density at radius 3 is 3.00 bits per heavy atom. The second-order valence-electron chi connectivity index (χ2n) is 5.86. The minimum Gasteiger partial charge on any atom is -0.309 e. The molecule has 2 aliphatic heterocycles. The molecule has 3 aromatic heterocycles. The number of aryl methyl sites for hydroxylation is 1. The Kier molecular flexibility index (Phi) is 2.79. The fourth-order valence-corrected chi connectivity index (χ4v) is 3.32. The van der Waals surface area contributed by atoms with Gasteiger partial charge in [-0.05, 0) is 25.0 Å². The summed E-state index contributed by atoms with van der Waals surface area (Å²) in [4.78, 5) is 10.9. The Balaban J connectivity index is 1.82. The number of amidine groups is 1. The first-order chi connectivity index (χ1) is 11.8. The van der Waals surface area contributed by atoms with Crippen LogP contribution in [0.25, 0.3) is 11.3 Å². The predicted molar refractivity (Wildman–Crippen MR) is 86.8 cm³/mol. The Labute approximate surface area is 136 Å². The molecule has 5 heterocycles. The molecule has 0 amide bonds. The van der Waals surface area contributed by atoms with Crippen molar-refractivity contribution in [3.8, 4) is 11.3 Å². The fraction of sp³-hybridized carbons (Fsp3) is 0.250. The van der Waals surface area contributed by atoms with E-state index in [1.54, 1.807) is 18.5 Å². The van der Waals surface area contributed by atoms with E-state index >= 15 is 0 Å². The number of aromatic nitrogens is 5. The second-order valence-corrected chi connectivity index (χ2v) is 5.86. The Bertz CT molecular complexity index is 955. The van der Waals surface area contributed by atoms with Gasteiger partial charge >= 0.3 is 0 Å². The summed E-state index contributed by atoms with van der Waals surface area (Å²) < 4.78 is 16.4. The number of pyridine rings is 1. The topological polar surface area (TPSA) is 75.0 Å². The summed E-state index contributed by atoms with van der Waals surface area (Å²) in [6, 6.07) is 2.99. The van der Waals surface area contributed by atoms with Crippen LogP contribution in [0.4, 0.5) is 15.9 Å². The van der Waals surface area contributed by atoms with Gasteiger partial charge in [-0.1, -0.05) is 0 Å². The van der Waals surface area contributed by atoms with Crippen LogP contribution in [0.1, 0.15) is 18.5 Å². The number of fused-ring (bicyclic) bond motifs is 2. The van der Waals surface area contributed by atoms with Crippen LogP contribution < -0.4 is 4.90 Å². The van der Waals surface area contributed by atoms with Gasteiger partial charge < -0.3 is 4.90 Å². The molecule has 0 radical (unpaired) electrons. The first-order valence-corrected chi connectivity index (χ1v) is 7.89. The van der Waals surface area contributed by atoms with Gasteiger partial charge in [0.2, 0.25) is 0 Å². The molecule has 0 fully saturated rings. The highest BCUT2D eigenvalue weighted by Gasteiger charge is 2.32. The molecule has 8 heteroatoms. The maximum atomic E-state index is 14.4. The molecule has 1 N–H and O–H groups in total. The van der Waals surface area contributed by atoms with Crippen LogP contribution in [0.2, 0.25) is 0 Å². The lowest BCUT2D eigenvalue weighted by atomic mass is 10.2. The third kappa shape index (κ3) is 1.82. The fourth-order valence-electron chi connectivity index (χ4n) is 3.32. The molecule has 0 aliphatic carbocycles. The van der Waals surface area contributed by atoms with Crippen LogP contribution in [-0.4, -0.2) is 37.3 Å². The summed E-state index contributed by atoms with van der Waals surface area (Å²) in [5.74, 6) is 1.03. The minimum atomic E-state index is -0.389. The first-order valence-electron chi connectivity index (χ1n) is 7.89. The molecule has 3 aromatic rings. The van der Waals surface area contributed by atoms with Crippen molar-refractivity contribution in [2.24, 2.45) is 4.99 Å². The molecule has 0 aromatic carbocycles. The van der Waals surface area contributed by atoms with Crippen molar-refractivity contribution >= 4 is 17.3 Å². The normalized spacial score (nSPS) is 16.0. The van der Waals surface area contributed by atoms with Crippen LogP contribution in [0.5, 0.6) is 0 Å². The van der Waals surface area contributed by atoms with E-state index in [4.69, 9.17) is 4.99 Å². The zero-order chi connectivity index (χ0) is 16.1. The lowest BCUT2D eigenvalue weighted by molar-refractivity contribution is 0.593. The monoisotopic (exact) mass is 323 g/mol. The van der Waals surface area contributed by atoms with Gasteiger partial charge in [-0.2, -0.15) is 10.2 Å². The highest BCUT2D eigenvalue weighted by Crippen LogP contribution is 2.40. The molecule has 7 nitrogen and oxygen atoms in total. The number of hydrogen-bond donors (Lipinski definition) is 1. The average Bonchev–Trinajstić information content (AvgIpc) is 3.13. The molecule has 0 saturated heterocycles. The highest BCUT2D eigenvalue weighted by atomic mass is 19.1. The molecule has 0 unspecified atom stereocenters. The number of aromatic amines is 1. The van der Waals surface area contributed by atoms with Crippen molar-refractivity contribution in [2.75, 3.05) is 11.4 Å². The minimum absolute atomic E-state index is 0.243. The van der Waals surface area contributed by atoms with Gasteiger partial charge in [-0.3, -0.25) is 5.10 Å². The van der Waals surface area contributed by atoms with E-state index in [0.29, 0.717) is 11.5 Å².